The van der Waals surface area contributed by atoms with E-state index in [1.54, 1.807) is 0 Å². The number of aromatic nitrogens is 4. The van der Waals surface area contributed by atoms with E-state index in [0.29, 0.717) is 5.95 Å². The maximum atomic E-state index is 6.05. The van der Waals surface area contributed by atoms with Crippen molar-refractivity contribution in [1.29, 1.82) is 0 Å². The molecular formula is C94H66N4Si2. The first kappa shape index (κ1) is 59.9. The van der Waals surface area contributed by atoms with Gasteiger partial charge in [-0.1, -0.05) is 370 Å². The fourth-order valence-electron chi connectivity index (χ4n) is 15.8. The van der Waals surface area contributed by atoms with Crippen molar-refractivity contribution >= 4 is 101 Å². The third-order valence-electron chi connectivity index (χ3n) is 20.5. The molecule has 0 unspecified atom stereocenters. The van der Waals surface area contributed by atoms with Crippen LogP contribution in [0.5, 0.6) is 0 Å². The molecule has 470 valence electrons. The molecule has 3 aromatic heterocycles. The van der Waals surface area contributed by atoms with Crippen molar-refractivity contribution in [3.05, 3.63) is 400 Å². The Morgan fingerprint density at radius 1 is 0.180 bits per heavy atom. The van der Waals surface area contributed by atoms with Crippen molar-refractivity contribution in [2.24, 2.45) is 0 Å². The number of para-hydroxylation sites is 4. The minimum absolute atomic E-state index is 0.581. The highest BCUT2D eigenvalue weighted by atomic mass is 28.3. The molecule has 15 aromatic carbocycles. The third-order valence-corrected chi connectivity index (χ3v) is 30.0. The van der Waals surface area contributed by atoms with E-state index in [1.165, 1.54) is 86.0 Å². The summed E-state index contributed by atoms with van der Waals surface area (Å²) in [5.74, 6) is 1.35. The minimum atomic E-state index is -3.54. The molecule has 0 aliphatic rings. The number of rotatable bonds is 15. The molecular weight excluding hydrogens is 1240 g/mol. The molecule has 18 aromatic rings. The predicted molar refractivity (Wildman–Crippen MR) is 425 cm³/mol. The lowest BCUT2D eigenvalue weighted by Crippen LogP contribution is -2.78. The van der Waals surface area contributed by atoms with Gasteiger partial charge in [0, 0.05) is 33.2 Å². The first-order valence-electron chi connectivity index (χ1n) is 34.4. The van der Waals surface area contributed by atoms with E-state index in [0.717, 1.165) is 60.7 Å². The molecule has 0 aliphatic heterocycles. The lowest BCUT2D eigenvalue weighted by molar-refractivity contribution is 0.952. The molecule has 0 saturated carbocycles. The van der Waals surface area contributed by atoms with Crippen LogP contribution in [0.1, 0.15) is 0 Å². The number of benzene rings is 15. The van der Waals surface area contributed by atoms with Crippen LogP contribution in [-0.4, -0.2) is 35.2 Å². The van der Waals surface area contributed by atoms with Gasteiger partial charge in [0.25, 0.3) is 0 Å². The van der Waals surface area contributed by atoms with Gasteiger partial charge in [-0.2, -0.15) is 4.98 Å². The van der Waals surface area contributed by atoms with Crippen molar-refractivity contribution in [1.82, 2.24) is 19.1 Å². The molecule has 0 spiro atoms. The Morgan fingerprint density at radius 3 is 0.740 bits per heavy atom. The maximum Gasteiger partial charge on any atom is 0.237 e. The van der Waals surface area contributed by atoms with Crippen molar-refractivity contribution in [2.75, 3.05) is 0 Å². The summed E-state index contributed by atoms with van der Waals surface area (Å²) in [6.07, 6.45) is 0. The largest absolute Gasteiger partial charge is 0.294 e. The van der Waals surface area contributed by atoms with Gasteiger partial charge in [0.1, 0.15) is 5.82 Å². The van der Waals surface area contributed by atoms with Crippen molar-refractivity contribution in [2.45, 2.75) is 0 Å². The zero-order valence-corrected chi connectivity index (χ0v) is 56.9. The van der Waals surface area contributed by atoms with Crippen LogP contribution >= 0.6 is 0 Å². The Hall–Kier alpha value is -12.6. The quantitative estimate of drug-likeness (QED) is 0.0757. The zero-order valence-electron chi connectivity index (χ0n) is 54.9. The van der Waals surface area contributed by atoms with Gasteiger partial charge >= 0.3 is 0 Å². The first-order valence-corrected chi connectivity index (χ1v) is 38.4. The zero-order chi connectivity index (χ0) is 66.4. The summed E-state index contributed by atoms with van der Waals surface area (Å²) in [6, 6.07) is 149. The van der Waals surface area contributed by atoms with Crippen molar-refractivity contribution in [3.8, 4) is 67.5 Å². The summed E-state index contributed by atoms with van der Waals surface area (Å²) in [7, 11) is -7.08. The monoisotopic (exact) mass is 1310 g/mol. The maximum absolute atomic E-state index is 6.05. The van der Waals surface area contributed by atoms with E-state index < -0.39 is 16.1 Å². The van der Waals surface area contributed by atoms with Crippen LogP contribution < -0.4 is 41.5 Å². The predicted octanol–water partition coefficient (Wildman–Crippen LogP) is 17.8. The van der Waals surface area contributed by atoms with E-state index in [4.69, 9.17) is 9.97 Å². The van der Waals surface area contributed by atoms with Crippen LogP contribution in [0.4, 0.5) is 0 Å². The number of hydrogen-bond donors (Lipinski definition) is 0. The van der Waals surface area contributed by atoms with Crippen LogP contribution in [0.3, 0.4) is 0 Å². The number of hydrogen-bond acceptors (Lipinski definition) is 2. The van der Waals surface area contributed by atoms with Crippen LogP contribution in [0.15, 0.2) is 400 Å². The average molecular weight is 1310 g/mol. The second kappa shape index (κ2) is 25.4. The second-order valence-corrected chi connectivity index (χ2v) is 33.6. The van der Waals surface area contributed by atoms with Gasteiger partial charge in [-0.15, -0.1) is 0 Å². The molecule has 0 amide bonds. The molecule has 0 fully saturated rings. The van der Waals surface area contributed by atoms with E-state index in [2.05, 4.69) is 410 Å². The Morgan fingerprint density at radius 2 is 0.430 bits per heavy atom. The Labute approximate surface area is 584 Å². The van der Waals surface area contributed by atoms with Crippen LogP contribution in [0.2, 0.25) is 0 Å². The molecule has 0 radical (unpaired) electrons. The molecule has 6 heteroatoms. The smallest absolute Gasteiger partial charge is 0.237 e. The van der Waals surface area contributed by atoms with Crippen LogP contribution in [-0.2, 0) is 0 Å². The summed E-state index contributed by atoms with van der Waals surface area (Å²) >= 11 is 0. The summed E-state index contributed by atoms with van der Waals surface area (Å²) in [6.45, 7) is 0. The van der Waals surface area contributed by atoms with Crippen molar-refractivity contribution < 1.29 is 0 Å². The molecule has 0 saturated heterocycles. The average Bonchev–Trinajstić information content (AvgIpc) is 0.953. The van der Waals surface area contributed by atoms with E-state index in [9.17, 15) is 0 Å². The molecule has 0 aliphatic carbocycles. The van der Waals surface area contributed by atoms with Gasteiger partial charge in [-0.3, -0.25) is 9.13 Å². The standard InChI is InChI=1S/C94H66N4Si2/c1-7-27-67(28-8-1)71-47-55-78(56-48-71)99(76-35-15-5-16-36-76,79-57-49-72(50-58-79)68-29-9-2-10-30-68)82-63-75(88-66-93(97-89-43-23-19-39-84(89)85-40-20-24-44-90(85)97)96-94(95-88)98-91-45-25-21-41-86(91)87-42-22-26-46-92(87)98)64-83(65-82)100(77-37-17-6-18-38-77,80-59-51-73(52-60-80)69-31-11-3-12-32-69)81-61-53-74(54-62-81)70-33-13-4-14-34-70/h1-66H. The van der Waals surface area contributed by atoms with Gasteiger partial charge < -0.3 is 0 Å². The fourth-order valence-corrected chi connectivity index (χ4v) is 25.5. The summed E-state index contributed by atoms with van der Waals surface area (Å²) in [5.41, 5.74) is 15.4. The summed E-state index contributed by atoms with van der Waals surface area (Å²) in [4.78, 5) is 11.9. The molecule has 100 heavy (non-hydrogen) atoms. The topological polar surface area (TPSA) is 35.6 Å². The van der Waals surface area contributed by atoms with Gasteiger partial charge in [0.2, 0.25) is 5.95 Å². The molecule has 0 atom stereocenters. The van der Waals surface area contributed by atoms with Crippen molar-refractivity contribution in [3.63, 3.8) is 0 Å². The highest BCUT2D eigenvalue weighted by Gasteiger charge is 2.46. The Balaban J connectivity index is 1.01. The van der Waals surface area contributed by atoms with E-state index >= 15 is 0 Å². The first-order chi connectivity index (χ1) is 49.6. The van der Waals surface area contributed by atoms with Gasteiger partial charge in [-0.25, -0.2) is 4.98 Å². The molecule has 3 heterocycles. The number of fused-ring (bicyclic) bond motifs is 6. The SMILES string of the molecule is c1ccc(-c2ccc([Si](c3ccccc3)(c3ccc(-c4ccccc4)cc3)c3cc(-c4cc(-n5c6ccccc6c6ccccc65)nc(-n5c6ccccc6c6ccccc65)n4)cc([Si](c4ccccc4)(c4ccc(-c5ccccc5)cc4)c4ccc(-c5ccccc5)cc4)c3)cc2)cc1. The van der Waals surface area contributed by atoms with Crippen LogP contribution in [0, 0.1) is 0 Å². The highest BCUT2D eigenvalue weighted by Crippen LogP contribution is 2.36. The van der Waals surface area contributed by atoms with Gasteiger partial charge in [0.15, 0.2) is 16.1 Å². The third kappa shape index (κ3) is 10.3. The van der Waals surface area contributed by atoms with E-state index in [1.807, 2.05) is 0 Å². The number of nitrogens with zero attached hydrogens (tertiary/aromatic N) is 4. The second-order valence-electron chi connectivity index (χ2n) is 26.0. The molecule has 0 N–H and O–H groups in total. The summed E-state index contributed by atoms with van der Waals surface area (Å²) in [5, 5.41) is 14.7. The van der Waals surface area contributed by atoms with Crippen LogP contribution in [0.25, 0.3) is 111 Å². The Bertz CT molecular complexity index is 5330. The lowest BCUT2D eigenvalue weighted by Gasteiger charge is -2.38. The summed E-state index contributed by atoms with van der Waals surface area (Å²) < 4.78 is 4.64. The molecule has 0 bridgehead atoms. The lowest BCUT2D eigenvalue weighted by atomic mass is 10.1. The van der Waals surface area contributed by atoms with Gasteiger partial charge in [-0.05, 0) is 110 Å². The molecule has 4 nitrogen and oxygen atoms in total. The minimum Gasteiger partial charge on any atom is -0.294 e. The van der Waals surface area contributed by atoms with E-state index in [-0.39, 0.29) is 0 Å². The molecule has 18 rings (SSSR count). The Kier molecular flexibility index (Phi) is 15.2. The fraction of sp³-hybridized carbons (Fsp3) is 0. The van der Waals surface area contributed by atoms with Gasteiger partial charge in [0.05, 0.1) is 27.8 Å². The highest BCUT2D eigenvalue weighted by molar-refractivity contribution is 7.22. The normalized spacial score (nSPS) is 11.8.